The predicted molar refractivity (Wildman–Crippen MR) is 138 cm³/mol. The highest BCUT2D eigenvalue weighted by Crippen LogP contribution is 2.19. The molecule has 9 nitrogen and oxygen atoms in total. The number of nitrogens with one attached hydrogen (secondary N) is 1. The minimum atomic E-state index is -3.92. The maximum atomic E-state index is 13.5. The number of sulfonamides is 1. The zero-order valence-corrected chi connectivity index (χ0v) is 21.9. The van der Waals surface area contributed by atoms with Crippen molar-refractivity contribution >= 4 is 16.1 Å². The molecule has 2 aromatic rings. The predicted octanol–water partition coefficient (Wildman–Crippen LogP) is 3.17. The van der Waals surface area contributed by atoms with Crippen molar-refractivity contribution < 1.29 is 27.8 Å². The van der Waals surface area contributed by atoms with Crippen LogP contribution in [0.15, 0.2) is 59.5 Å². The highest BCUT2D eigenvalue weighted by atomic mass is 32.2. The second kappa shape index (κ2) is 14.1. The largest absolute Gasteiger partial charge is 0.444 e. The van der Waals surface area contributed by atoms with Gasteiger partial charge in [-0.15, -0.1) is 0 Å². The molecule has 1 aliphatic rings. The van der Waals surface area contributed by atoms with E-state index in [1.807, 2.05) is 37.3 Å². The summed E-state index contributed by atoms with van der Waals surface area (Å²) in [6.45, 7) is 2.62. The molecule has 0 aromatic heterocycles. The molecular formula is C27H35N3O6S. The van der Waals surface area contributed by atoms with E-state index in [9.17, 15) is 18.3 Å². The van der Waals surface area contributed by atoms with Gasteiger partial charge in [-0.25, -0.2) is 13.2 Å². The van der Waals surface area contributed by atoms with Crippen molar-refractivity contribution in [2.75, 3.05) is 26.3 Å². The molecule has 2 aromatic carbocycles. The molecule has 2 N–H and O–H groups in total. The first-order valence-electron chi connectivity index (χ1n) is 12.5. The molecule has 0 spiro atoms. The number of carbonyl (C=O) groups is 1. The highest BCUT2D eigenvalue weighted by Gasteiger charge is 2.31. The SMILES string of the molecule is Cc1ccc(S(=O)(=O)N(CCCCC#N)CC(O)[C@H](Cc2ccccc2)NC(=O)OC2CCOC2)cc1. The Morgan fingerprint density at radius 2 is 1.95 bits per heavy atom. The Labute approximate surface area is 219 Å². The number of aliphatic hydroxyl groups excluding tert-OH is 1. The smallest absolute Gasteiger partial charge is 0.407 e. The lowest BCUT2D eigenvalue weighted by atomic mass is 10.0. The zero-order valence-electron chi connectivity index (χ0n) is 21.1. The van der Waals surface area contributed by atoms with Crippen LogP contribution in [0.5, 0.6) is 0 Å². The van der Waals surface area contributed by atoms with E-state index in [0.29, 0.717) is 38.9 Å². The molecule has 3 rings (SSSR count). The van der Waals surface area contributed by atoms with E-state index < -0.39 is 28.3 Å². The van der Waals surface area contributed by atoms with E-state index in [0.717, 1.165) is 11.1 Å². The number of benzene rings is 2. The number of aryl methyl sites for hydroxylation is 1. The van der Waals surface area contributed by atoms with Gasteiger partial charge in [-0.3, -0.25) is 0 Å². The van der Waals surface area contributed by atoms with Crippen LogP contribution in [0.4, 0.5) is 4.79 Å². The van der Waals surface area contributed by atoms with Crippen molar-refractivity contribution in [1.82, 2.24) is 9.62 Å². The summed E-state index contributed by atoms with van der Waals surface area (Å²) in [4.78, 5) is 12.7. The molecule has 1 amide bonds. The van der Waals surface area contributed by atoms with E-state index in [2.05, 4.69) is 11.4 Å². The van der Waals surface area contributed by atoms with Crippen molar-refractivity contribution in [2.45, 2.75) is 62.2 Å². The number of hydrogen-bond donors (Lipinski definition) is 2. The van der Waals surface area contributed by atoms with Gasteiger partial charge >= 0.3 is 6.09 Å². The number of ether oxygens (including phenoxy) is 2. The Balaban J connectivity index is 1.79. The number of nitrogens with zero attached hydrogens (tertiary/aromatic N) is 2. The maximum absolute atomic E-state index is 13.5. The molecule has 0 radical (unpaired) electrons. The molecular weight excluding hydrogens is 494 g/mol. The van der Waals surface area contributed by atoms with Crippen LogP contribution in [0, 0.1) is 18.3 Å². The van der Waals surface area contributed by atoms with Crippen molar-refractivity contribution in [3.05, 3.63) is 65.7 Å². The van der Waals surface area contributed by atoms with Crippen LogP contribution in [0.3, 0.4) is 0 Å². The fourth-order valence-corrected chi connectivity index (χ4v) is 5.59. The Hall–Kier alpha value is -2.97. The summed E-state index contributed by atoms with van der Waals surface area (Å²) in [6, 6.07) is 17.1. The molecule has 37 heavy (non-hydrogen) atoms. The summed E-state index contributed by atoms with van der Waals surface area (Å²) in [7, 11) is -3.92. The molecule has 1 fully saturated rings. The third-order valence-corrected chi connectivity index (χ3v) is 8.10. The Morgan fingerprint density at radius 1 is 1.22 bits per heavy atom. The Bertz CT molecular complexity index is 1130. The minimum absolute atomic E-state index is 0.124. The second-order valence-electron chi connectivity index (χ2n) is 9.19. The van der Waals surface area contributed by atoms with E-state index in [-0.39, 0.29) is 30.5 Å². The summed E-state index contributed by atoms with van der Waals surface area (Å²) >= 11 is 0. The van der Waals surface area contributed by atoms with E-state index in [1.165, 1.54) is 4.31 Å². The van der Waals surface area contributed by atoms with E-state index >= 15 is 0 Å². The van der Waals surface area contributed by atoms with Crippen LogP contribution in [0.25, 0.3) is 0 Å². The quantitative estimate of drug-likeness (QED) is 0.381. The van der Waals surface area contributed by atoms with Gasteiger partial charge in [0.15, 0.2) is 0 Å². The molecule has 0 bridgehead atoms. The van der Waals surface area contributed by atoms with Gasteiger partial charge in [-0.1, -0.05) is 48.0 Å². The monoisotopic (exact) mass is 529 g/mol. The van der Waals surface area contributed by atoms with Gasteiger partial charge in [0.05, 0.1) is 36.3 Å². The van der Waals surface area contributed by atoms with Crippen LogP contribution in [-0.2, 0) is 25.9 Å². The van der Waals surface area contributed by atoms with Crippen LogP contribution in [-0.4, -0.2) is 68.5 Å². The standard InChI is InChI=1S/C27H35N3O6S/c1-21-10-12-24(13-11-21)37(33,34)30(16-7-3-6-15-28)19-26(31)25(18-22-8-4-2-5-9-22)29-27(32)36-23-14-17-35-20-23/h2,4-5,8-13,23,25-26,31H,3,6-7,14,16-20H2,1H3,(H,29,32)/t23?,25-,26?/m0/s1. The van der Waals surface area contributed by atoms with Crippen LogP contribution >= 0.6 is 0 Å². The van der Waals surface area contributed by atoms with E-state index in [1.54, 1.807) is 24.3 Å². The first-order valence-corrected chi connectivity index (χ1v) is 13.9. The topological polar surface area (TPSA) is 129 Å². The molecule has 2 unspecified atom stereocenters. The van der Waals surface area contributed by atoms with Gasteiger partial charge in [0.25, 0.3) is 0 Å². The lowest BCUT2D eigenvalue weighted by molar-refractivity contribution is 0.0649. The van der Waals surface area contributed by atoms with Crippen LogP contribution in [0.2, 0.25) is 0 Å². The number of alkyl carbamates (subject to hydrolysis) is 1. The molecule has 200 valence electrons. The fourth-order valence-electron chi connectivity index (χ4n) is 4.09. The Morgan fingerprint density at radius 3 is 2.59 bits per heavy atom. The average molecular weight is 530 g/mol. The molecule has 1 saturated heterocycles. The molecule has 10 heteroatoms. The third kappa shape index (κ3) is 8.83. The van der Waals surface area contributed by atoms with Gasteiger partial charge in [0.1, 0.15) is 6.10 Å². The molecule has 1 aliphatic heterocycles. The summed E-state index contributed by atoms with van der Waals surface area (Å²) in [5.74, 6) is 0. The van der Waals surface area contributed by atoms with Crippen molar-refractivity contribution in [3.63, 3.8) is 0 Å². The van der Waals surface area contributed by atoms with Gasteiger partial charge in [0, 0.05) is 25.9 Å². The summed E-state index contributed by atoms with van der Waals surface area (Å²) in [5, 5.41) is 22.9. The first-order chi connectivity index (χ1) is 17.8. The number of hydrogen-bond acceptors (Lipinski definition) is 7. The third-order valence-electron chi connectivity index (χ3n) is 6.22. The first kappa shape index (κ1) is 28.6. The van der Waals surface area contributed by atoms with Crippen molar-refractivity contribution in [2.24, 2.45) is 0 Å². The molecule has 3 atom stereocenters. The van der Waals surface area contributed by atoms with Gasteiger partial charge in [-0.05, 0) is 43.9 Å². The summed E-state index contributed by atoms with van der Waals surface area (Å²) in [6.07, 6.45) is -0.0554. The summed E-state index contributed by atoms with van der Waals surface area (Å²) in [5.41, 5.74) is 1.80. The normalized spacial score (nSPS) is 17.2. The molecule has 0 aliphatic carbocycles. The fraction of sp³-hybridized carbons (Fsp3) is 0.481. The molecule has 0 saturated carbocycles. The van der Waals surface area contributed by atoms with Crippen LogP contribution < -0.4 is 5.32 Å². The number of aliphatic hydroxyl groups is 1. The number of rotatable bonds is 13. The van der Waals surface area contributed by atoms with Gasteiger partial charge < -0.3 is 19.9 Å². The number of carbonyl (C=O) groups excluding carboxylic acids is 1. The number of unbranched alkanes of at least 4 members (excludes halogenated alkanes) is 2. The molecule has 1 heterocycles. The summed E-state index contributed by atoms with van der Waals surface area (Å²) < 4.78 is 38.9. The number of amides is 1. The average Bonchev–Trinajstić information content (AvgIpc) is 3.39. The van der Waals surface area contributed by atoms with Crippen molar-refractivity contribution in [1.29, 1.82) is 5.26 Å². The second-order valence-corrected chi connectivity index (χ2v) is 11.1. The van der Waals surface area contributed by atoms with Crippen LogP contribution in [0.1, 0.15) is 36.8 Å². The lowest BCUT2D eigenvalue weighted by Gasteiger charge is -2.30. The van der Waals surface area contributed by atoms with Gasteiger partial charge in [-0.2, -0.15) is 9.57 Å². The zero-order chi connectivity index (χ0) is 26.7. The number of nitriles is 1. The lowest BCUT2D eigenvalue weighted by Crippen LogP contribution is -2.51. The van der Waals surface area contributed by atoms with Gasteiger partial charge in [0.2, 0.25) is 10.0 Å². The Kier molecular flexibility index (Phi) is 10.9. The highest BCUT2D eigenvalue weighted by molar-refractivity contribution is 7.89. The minimum Gasteiger partial charge on any atom is -0.444 e. The maximum Gasteiger partial charge on any atom is 0.407 e. The van der Waals surface area contributed by atoms with E-state index in [4.69, 9.17) is 14.7 Å². The van der Waals surface area contributed by atoms with Crippen molar-refractivity contribution in [3.8, 4) is 6.07 Å².